The van der Waals surface area contributed by atoms with Crippen LogP contribution in [0.2, 0.25) is 0 Å². The Morgan fingerprint density at radius 1 is 1.26 bits per heavy atom. The van der Waals surface area contributed by atoms with Gasteiger partial charge in [0.15, 0.2) is 0 Å². The number of carbonyl (C=O) groups excluding carboxylic acids is 1. The van der Waals surface area contributed by atoms with Crippen molar-refractivity contribution in [2.75, 3.05) is 19.6 Å². The number of carbonyl (C=O) groups is 1. The monoisotopic (exact) mass is 370 g/mol. The van der Waals surface area contributed by atoms with Crippen LogP contribution in [0.4, 0.5) is 0 Å². The smallest absolute Gasteiger partial charge is 0.328 e. The Morgan fingerprint density at radius 3 is 2.85 bits per heavy atom. The van der Waals surface area contributed by atoms with Gasteiger partial charge in [-0.05, 0) is 36.9 Å². The molecule has 1 aromatic carbocycles. The van der Waals surface area contributed by atoms with E-state index in [1.165, 1.54) is 28.0 Å². The zero-order chi connectivity index (χ0) is 19.2. The van der Waals surface area contributed by atoms with Gasteiger partial charge in [-0.25, -0.2) is 4.79 Å². The highest BCUT2D eigenvalue weighted by molar-refractivity contribution is 5.75. The van der Waals surface area contributed by atoms with Crippen molar-refractivity contribution in [1.82, 2.24) is 19.8 Å². The maximum absolute atomic E-state index is 12.1. The van der Waals surface area contributed by atoms with Gasteiger partial charge in [0.05, 0.1) is 0 Å². The first-order chi connectivity index (χ1) is 13.0. The number of benzene rings is 1. The predicted octanol–water partition coefficient (Wildman–Crippen LogP) is 0.873. The van der Waals surface area contributed by atoms with Crippen LogP contribution in [0.15, 0.2) is 46.1 Å². The first-order valence-corrected chi connectivity index (χ1v) is 9.34. The molecule has 1 aliphatic rings. The second-order valence-electron chi connectivity index (χ2n) is 7.17. The average molecular weight is 370 g/mol. The van der Waals surface area contributed by atoms with E-state index in [0.29, 0.717) is 12.5 Å². The standard InChI is InChI=1S/C20H26N4O3/c1-15-4-2-3-5-17(15)14-23-9-6-16(13-23)12-21-18(25)7-10-24-11-8-19(26)22-20(24)27/h2-5,8,11,16H,6-7,9-10,12-14H2,1H3,(H,21,25)(H,22,26,27)/t16-/m0/s1. The maximum atomic E-state index is 12.1. The first kappa shape index (κ1) is 19.1. The van der Waals surface area contributed by atoms with Gasteiger partial charge in [-0.1, -0.05) is 24.3 Å². The first-order valence-electron chi connectivity index (χ1n) is 9.34. The molecule has 1 amide bonds. The lowest BCUT2D eigenvalue weighted by molar-refractivity contribution is -0.121. The van der Waals surface area contributed by atoms with Crippen molar-refractivity contribution in [2.45, 2.75) is 32.9 Å². The number of nitrogens with zero attached hydrogens (tertiary/aromatic N) is 2. The normalized spacial score (nSPS) is 17.1. The summed E-state index contributed by atoms with van der Waals surface area (Å²) in [7, 11) is 0. The number of rotatable bonds is 7. The summed E-state index contributed by atoms with van der Waals surface area (Å²) in [6.07, 6.45) is 2.70. The minimum Gasteiger partial charge on any atom is -0.356 e. The van der Waals surface area contributed by atoms with Crippen LogP contribution in [0, 0.1) is 12.8 Å². The highest BCUT2D eigenvalue weighted by atomic mass is 16.2. The molecule has 1 aromatic heterocycles. The van der Waals surface area contributed by atoms with Crippen LogP contribution in [0.25, 0.3) is 0 Å². The van der Waals surface area contributed by atoms with Crippen molar-refractivity contribution < 1.29 is 4.79 Å². The maximum Gasteiger partial charge on any atom is 0.328 e. The summed E-state index contributed by atoms with van der Waals surface area (Å²) < 4.78 is 1.33. The lowest BCUT2D eigenvalue weighted by Gasteiger charge is -2.17. The molecule has 2 aromatic rings. The lowest BCUT2D eigenvalue weighted by Crippen LogP contribution is -2.33. The van der Waals surface area contributed by atoms with Crippen molar-refractivity contribution in [3.05, 3.63) is 68.5 Å². The molecule has 1 fully saturated rings. The number of aryl methyl sites for hydroxylation is 2. The highest BCUT2D eigenvalue weighted by Crippen LogP contribution is 2.19. The fraction of sp³-hybridized carbons (Fsp3) is 0.450. The van der Waals surface area contributed by atoms with E-state index >= 15 is 0 Å². The predicted molar refractivity (Wildman–Crippen MR) is 104 cm³/mol. The molecule has 27 heavy (non-hydrogen) atoms. The number of hydrogen-bond acceptors (Lipinski definition) is 4. The van der Waals surface area contributed by atoms with Gasteiger partial charge >= 0.3 is 5.69 Å². The second-order valence-corrected chi connectivity index (χ2v) is 7.17. The van der Waals surface area contributed by atoms with Crippen LogP contribution < -0.4 is 16.6 Å². The third-order valence-electron chi connectivity index (χ3n) is 5.09. The van der Waals surface area contributed by atoms with Crippen LogP contribution in [0.3, 0.4) is 0 Å². The van der Waals surface area contributed by atoms with E-state index in [1.54, 1.807) is 0 Å². The zero-order valence-electron chi connectivity index (χ0n) is 15.6. The molecule has 3 rings (SSSR count). The number of aromatic nitrogens is 2. The Morgan fingerprint density at radius 2 is 2.07 bits per heavy atom. The molecule has 1 aliphatic heterocycles. The van der Waals surface area contributed by atoms with Crippen LogP contribution in [-0.4, -0.2) is 40.0 Å². The Balaban J connectivity index is 1.40. The number of amides is 1. The van der Waals surface area contributed by atoms with Crippen LogP contribution in [-0.2, 0) is 17.9 Å². The lowest BCUT2D eigenvalue weighted by atomic mass is 10.1. The van der Waals surface area contributed by atoms with Gasteiger partial charge in [0.25, 0.3) is 5.56 Å². The van der Waals surface area contributed by atoms with Crippen molar-refractivity contribution in [2.24, 2.45) is 5.92 Å². The van der Waals surface area contributed by atoms with Gasteiger partial charge in [-0.3, -0.25) is 19.5 Å². The van der Waals surface area contributed by atoms with E-state index < -0.39 is 11.2 Å². The molecule has 0 bridgehead atoms. The summed E-state index contributed by atoms with van der Waals surface area (Å²) in [5, 5.41) is 2.97. The summed E-state index contributed by atoms with van der Waals surface area (Å²) in [6.45, 7) is 6.02. The molecule has 1 atom stereocenters. The quantitative estimate of drug-likeness (QED) is 0.757. The molecule has 144 valence electrons. The summed E-state index contributed by atoms with van der Waals surface area (Å²) in [4.78, 5) is 39.3. The summed E-state index contributed by atoms with van der Waals surface area (Å²) in [6, 6.07) is 9.72. The fourth-order valence-corrected chi connectivity index (χ4v) is 3.44. The highest BCUT2D eigenvalue weighted by Gasteiger charge is 2.23. The van der Waals surface area contributed by atoms with Gasteiger partial charge in [-0.2, -0.15) is 0 Å². The van der Waals surface area contributed by atoms with Crippen LogP contribution in [0.1, 0.15) is 24.0 Å². The van der Waals surface area contributed by atoms with Gasteiger partial charge < -0.3 is 9.88 Å². The molecule has 7 heteroatoms. The molecule has 0 radical (unpaired) electrons. The number of H-pyrrole nitrogens is 1. The van der Waals surface area contributed by atoms with E-state index in [2.05, 4.69) is 46.4 Å². The third kappa shape index (κ3) is 5.40. The topological polar surface area (TPSA) is 87.2 Å². The van der Waals surface area contributed by atoms with Gasteiger partial charge in [0.1, 0.15) is 0 Å². The Kier molecular flexibility index (Phi) is 6.24. The number of hydrogen-bond donors (Lipinski definition) is 2. The van der Waals surface area contributed by atoms with Gasteiger partial charge in [0, 0.05) is 44.9 Å². The Hall–Kier alpha value is -2.67. The Bertz CT molecular complexity index is 902. The van der Waals surface area contributed by atoms with Crippen molar-refractivity contribution in [3.63, 3.8) is 0 Å². The average Bonchev–Trinajstić information content (AvgIpc) is 3.09. The number of nitrogens with one attached hydrogen (secondary N) is 2. The fourth-order valence-electron chi connectivity index (χ4n) is 3.44. The molecule has 0 saturated carbocycles. The minimum absolute atomic E-state index is 0.0783. The van der Waals surface area contributed by atoms with Crippen LogP contribution >= 0.6 is 0 Å². The third-order valence-corrected chi connectivity index (χ3v) is 5.09. The Labute approximate surface area is 158 Å². The molecule has 0 spiro atoms. The van der Waals surface area contributed by atoms with Gasteiger partial charge in [-0.15, -0.1) is 0 Å². The summed E-state index contributed by atoms with van der Waals surface area (Å²) >= 11 is 0. The van der Waals surface area contributed by atoms with E-state index in [4.69, 9.17) is 0 Å². The van der Waals surface area contributed by atoms with Crippen molar-refractivity contribution in [3.8, 4) is 0 Å². The minimum atomic E-state index is -0.488. The molecular formula is C20H26N4O3. The molecule has 7 nitrogen and oxygen atoms in total. The number of likely N-dealkylation sites (tertiary alicyclic amines) is 1. The van der Waals surface area contributed by atoms with E-state index in [1.807, 2.05) is 0 Å². The molecule has 0 unspecified atom stereocenters. The molecule has 0 aliphatic carbocycles. The molecule has 2 N–H and O–H groups in total. The second kappa shape index (κ2) is 8.81. The van der Waals surface area contributed by atoms with Gasteiger partial charge in [0.2, 0.25) is 5.91 Å². The largest absolute Gasteiger partial charge is 0.356 e. The molecule has 2 heterocycles. The number of aromatic amines is 1. The summed E-state index contributed by atoms with van der Waals surface area (Å²) in [5.41, 5.74) is 1.75. The van der Waals surface area contributed by atoms with Crippen molar-refractivity contribution >= 4 is 5.91 Å². The van der Waals surface area contributed by atoms with E-state index in [-0.39, 0.29) is 18.9 Å². The summed E-state index contributed by atoms with van der Waals surface area (Å²) in [5.74, 6) is 0.374. The molecular weight excluding hydrogens is 344 g/mol. The van der Waals surface area contributed by atoms with Crippen LogP contribution in [0.5, 0.6) is 0 Å². The van der Waals surface area contributed by atoms with Crippen molar-refractivity contribution in [1.29, 1.82) is 0 Å². The SMILES string of the molecule is Cc1ccccc1CN1CC[C@@H](CNC(=O)CCn2ccc(=O)[nH]c2=O)C1. The van der Waals surface area contributed by atoms with E-state index in [0.717, 1.165) is 26.1 Å². The molecule has 1 saturated heterocycles. The van der Waals surface area contributed by atoms with E-state index in [9.17, 15) is 14.4 Å². The zero-order valence-corrected chi connectivity index (χ0v) is 15.6.